The predicted octanol–water partition coefficient (Wildman–Crippen LogP) is 3.55. The van der Waals surface area contributed by atoms with Crippen molar-refractivity contribution in [2.45, 2.75) is 45.1 Å². The average Bonchev–Trinajstić information content (AvgIpc) is 3.52. The number of likely N-dealkylation sites (tertiary alicyclic amines) is 1. The molecule has 3 amide bonds. The van der Waals surface area contributed by atoms with Crippen LogP contribution < -0.4 is 5.32 Å². The van der Waals surface area contributed by atoms with Gasteiger partial charge in [0.05, 0.1) is 11.8 Å². The molecule has 6 aliphatic rings. The van der Waals surface area contributed by atoms with Gasteiger partial charge in [-0.25, -0.2) is 0 Å². The van der Waals surface area contributed by atoms with E-state index in [1.165, 1.54) is 6.42 Å². The first-order valence-corrected chi connectivity index (χ1v) is 11.5. The predicted molar refractivity (Wildman–Crippen MR) is 112 cm³/mol. The lowest BCUT2D eigenvalue weighted by Gasteiger charge is -2.37. The van der Waals surface area contributed by atoms with Gasteiger partial charge in [0.25, 0.3) is 0 Å². The lowest BCUT2D eigenvalue weighted by Crippen LogP contribution is -2.44. The lowest BCUT2D eigenvalue weighted by molar-refractivity contribution is -0.144. The average molecular weight is 405 g/mol. The zero-order chi connectivity index (χ0) is 20.6. The van der Waals surface area contributed by atoms with Crippen molar-refractivity contribution in [3.63, 3.8) is 0 Å². The molecule has 1 aromatic rings. The number of benzene rings is 1. The first kappa shape index (κ1) is 18.3. The maximum Gasteiger partial charge on any atom is 0.233 e. The maximum atomic E-state index is 13.3. The summed E-state index contributed by atoms with van der Waals surface area (Å²) in [6.45, 7) is 2.01. The van der Waals surface area contributed by atoms with Crippen LogP contribution in [0.3, 0.4) is 0 Å². The fourth-order valence-electron chi connectivity index (χ4n) is 6.90. The van der Waals surface area contributed by atoms with E-state index in [0.29, 0.717) is 11.8 Å². The van der Waals surface area contributed by atoms with Crippen molar-refractivity contribution in [3.05, 3.63) is 42.0 Å². The summed E-state index contributed by atoms with van der Waals surface area (Å²) in [7, 11) is 0. The summed E-state index contributed by atoms with van der Waals surface area (Å²) in [5.41, 5.74) is 1.95. The molecule has 5 heteroatoms. The molecule has 1 saturated heterocycles. The molecule has 4 fully saturated rings. The Kier molecular flexibility index (Phi) is 4.00. The Bertz CT molecular complexity index is 925. The van der Waals surface area contributed by atoms with Crippen molar-refractivity contribution < 1.29 is 14.4 Å². The van der Waals surface area contributed by atoms with Crippen LogP contribution in [-0.2, 0) is 14.4 Å². The summed E-state index contributed by atoms with van der Waals surface area (Å²) in [5.74, 6) is 1.75. The molecule has 1 aliphatic heterocycles. The van der Waals surface area contributed by atoms with Crippen LogP contribution in [0.15, 0.2) is 36.4 Å². The number of aryl methyl sites for hydroxylation is 1. The van der Waals surface area contributed by atoms with Gasteiger partial charge in [0, 0.05) is 17.6 Å². The van der Waals surface area contributed by atoms with Gasteiger partial charge in [-0.1, -0.05) is 24.3 Å². The van der Waals surface area contributed by atoms with Crippen LogP contribution in [-0.4, -0.2) is 28.7 Å². The second-order valence-corrected chi connectivity index (χ2v) is 10.1. The van der Waals surface area contributed by atoms with Crippen LogP contribution >= 0.6 is 0 Å². The first-order chi connectivity index (χ1) is 14.5. The third kappa shape index (κ3) is 2.63. The van der Waals surface area contributed by atoms with Crippen molar-refractivity contribution in [1.82, 2.24) is 4.90 Å². The van der Waals surface area contributed by atoms with Gasteiger partial charge in [-0.3, -0.25) is 19.3 Å². The quantitative estimate of drug-likeness (QED) is 0.619. The van der Waals surface area contributed by atoms with Crippen LogP contribution in [0, 0.1) is 48.3 Å². The van der Waals surface area contributed by atoms with Gasteiger partial charge in [-0.15, -0.1) is 0 Å². The normalized spacial score (nSPS) is 40.9. The molecule has 0 spiro atoms. The topological polar surface area (TPSA) is 66.5 Å². The zero-order valence-corrected chi connectivity index (χ0v) is 17.3. The molecule has 0 aromatic heterocycles. The Hall–Kier alpha value is -2.43. The molecule has 1 aromatic carbocycles. The number of allylic oxidation sites excluding steroid dienone is 2. The number of anilines is 1. The summed E-state index contributed by atoms with van der Waals surface area (Å²) in [4.78, 5) is 40.9. The van der Waals surface area contributed by atoms with Crippen LogP contribution in [0.2, 0.25) is 0 Å². The molecule has 3 saturated carbocycles. The number of rotatable bonds is 3. The third-order valence-electron chi connectivity index (χ3n) is 8.42. The van der Waals surface area contributed by atoms with Crippen LogP contribution in [0.1, 0.15) is 37.7 Å². The van der Waals surface area contributed by atoms with Gasteiger partial charge in [0.1, 0.15) is 0 Å². The molecule has 156 valence electrons. The largest absolute Gasteiger partial charge is 0.326 e. The number of nitrogens with zero attached hydrogens (tertiary/aromatic N) is 1. The Balaban J connectivity index is 1.12. The summed E-state index contributed by atoms with van der Waals surface area (Å²) in [5, 5.41) is 3.03. The van der Waals surface area contributed by atoms with E-state index in [0.717, 1.165) is 36.9 Å². The van der Waals surface area contributed by atoms with E-state index in [1.54, 1.807) is 4.90 Å². The molecule has 7 rings (SSSR count). The van der Waals surface area contributed by atoms with E-state index in [4.69, 9.17) is 0 Å². The Morgan fingerprint density at radius 1 is 0.967 bits per heavy atom. The minimum Gasteiger partial charge on any atom is -0.326 e. The monoisotopic (exact) mass is 404 g/mol. The molecule has 5 aliphatic carbocycles. The van der Waals surface area contributed by atoms with E-state index < -0.39 is 0 Å². The minimum absolute atomic E-state index is 0.0330. The number of hydrogen-bond donors (Lipinski definition) is 1. The van der Waals surface area contributed by atoms with Gasteiger partial charge >= 0.3 is 0 Å². The van der Waals surface area contributed by atoms with Crippen molar-refractivity contribution in [3.8, 4) is 0 Å². The first-order valence-electron chi connectivity index (χ1n) is 11.5. The molecular formula is C25H28N2O3. The van der Waals surface area contributed by atoms with Crippen molar-refractivity contribution in [2.75, 3.05) is 5.32 Å². The lowest BCUT2D eigenvalue weighted by atomic mass is 9.63. The van der Waals surface area contributed by atoms with Crippen LogP contribution in [0.25, 0.3) is 0 Å². The highest BCUT2D eigenvalue weighted by molar-refractivity contribution is 6.06. The molecule has 1 N–H and O–H groups in total. The van der Waals surface area contributed by atoms with Crippen molar-refractivity contribution >= 4 is 23.4 Å². The number of nitrogens with one attached hydrogen (secondary N) is 1. The molecular weight excluding hydrogens is 376 g/mol. The number of hydrogen-bond acceptors (Lipinski definition) is 3. The smallest absolute Gasteiger partial charge is 0.233 e. The van der Waals surface area contributed by atoms with E-state index in [1.807, 2.05) is 31.2 Å². The van der Waals surface area contributed by atoms with Gasteiger partial charge in [0.15, 0.2) is 0 Å². The van der Waals surface area contributed by atoms with E-state index >= 15 is 0 Å². The molecule has 0 radical (unpaired) electrons. The number of carbonyl (C=O) groups excluding carboxylic acids is 3. The Morgan fingerprint density at radius 3 is 2.20 bits per heavy atom. The molecule has 1 heterocycles. The van der Waals surface area contributed by atoms with Crippen molar-refractivity contribution in [1.29, 1.82) is 0 Å². The zero-order valence-electron chi connectivity index (χ0n) is 17.3. The summed E-state index contributed by atoms with van der Waals surface area (Å²) < 4.78 is 0. The molecule has 30 heavy (non-hydrogen) atoms. The summed E-state index contributed by atoms with van der Waals surface area (Å²) in [6, 6.07) is 7.80. The van der Waals surface area contributed by atoms with Crippen LogP contribution in [0.4, 0.5) is 5.69 Å². The second kappa shape index (κ2) is 6.53. The number of carbonyl (C=O) groups is 3. The highest BCUT2D eigenvalue weighted by Crippen LogP contribution is 2.65. The van der Waals surface area contributed by atoms with Crippen molar-refractivity contribution in [2.24, 2.45) is 41.4 Å². The van der Waals surface area contributed by atoms with Gasteiger partial charge in [-0.2, -0.15) is 0 Å². The maximum absolute atomic E-state index is 13.3. The standard InChI is InChI=1S/C25H28N2O3/c1-13-3-2-4-15(11-13)26-23(28)14-5-7-16(8-6-14)27-24(29)21-17-9-10-18(20-12-19(17)20)22(21)25(27)30/h2-4,9-11,14,16-22H,5-8,12H2,1H3,(H,26,28)/t14?,16?,17-,18+,19-,20-,21+,22+/m1/s1. The van der Waals surface area contributed by atoms with Crippen LogP contribution in [0.5, 0.6) is 0 Å². The molecule has 6 atom stereocenters. The SMILES string of the molecule is Cc1cccc(NC(=O)C2CCC(N3C(=O)[C@H]4[C@@H]5C=C[C@@H]([C@H]6C[C@H]56)[C@@H]4C3=O)CC2)c1. The highest BCUT2D eigenvalue weighted by Gasteiger charge is 2.67. The fourth-order valence-corrected chi connectivity index (χ4v) is 6.90. The summed E-state index contributed by atoms with van der Waals surface area (Å²) in [6.07, 6.45) is 8.56. The number of amides is 3. The molecule has 2 bridgehead atoms. The van der Waals surface area contributed by atoms with Gasteiger partial charge in [0.2, 0.25) is 17.7 Å². The van der Waals surface area contributed by atoms with E-state index in [9.17, 15) is 14.4 Å². The summed E-state index contributed by atoms with van der Waals surface area (Å²) >= 11 is 0. The second-order valence-electron chi connectivity index (χ2n) is 10.1. The fraction of sp³-hybridized carbons (Fsp3) is 0.560. The Morgan fingerprint density at radius 2 is 1.60 bits per heavy atom. The van der Waals surface area contributed by atoms with E-state index in [2.05, 4.69) is 17.5 Å². The molecule has 0 unspecified atom stereocenters. The molecule has 5 nitrogen and oxygen atoms in total. The van der Waals surface area contributed by atoms with E-state index in [-0.39, 0.29) is 53.4 Å². The number of imide groups is 1. The third-order valence-corrected chi connectivity index (χ3v) is 8.42. The minimum atomic E-state index is -0.112. The van der Waals surface area contributed by atoms with Gasteiger partial charge < -0.3 is 5.32 Å². The highest BCUT2D eigenvalue weighted by atomic mass is 16.2. The Labute approximate surface area is 176 Å². The van der Waals surface area contributed by atoms with Gasteiger partial charge in [-0.05, 0) is 80.4 Å².